The van der Waals surface area contributed by atoms with E-state index in [-0.39, 0.29) is 17.9 Å². The maximum atomic E-state index is 12.8. The van der Waals surface area contributed by atoms with Gasteiger partial charge in [0, 0.05) is 17.3 Å². The Bertz CT molecular complexity index is 1240. The van der Waals surface area contributed by atoms with Crippen LogP contribution in [0.15, 0.2) is 59.0 Å². The third-order valence-electron chi connectivity index (χ3n) is 4.54. The van der Waals surface area contributed by atoms with E-state index in [1.807, 2.05) is 26.0 Å². The summed E-state index contributed by atoms with van der Waals surface area (Å²) in [4.78, 5) is 41.6. The molecule has 0 saturated carbocycles. The van der Waals surface area contributed by atoms with Crippen molar-refractivity contribution in [1.82, 2.24) is 14.9 Å². The Hall–Kier alpha value is -3.10. The van der Waals surface area contributed by atoms with Gasteiger partial charge < -0.3 is 5.32 Å². The normalized spacial score (nSPS) is 10.7. The first-order valence-electron chi connectivity index (χ1n) is 9.40. The van der Waals surface area contributed by atoms with Gasteiger partial charge in [-0.15, -0.1) is 6.58 Å². The Balaban J connectivity index is 1.70. The molecule has 7 nitrogen and oxygen atoms in total. The lowest BCUT2D eigenvalue weighted by atomic mass is 10.1. The number of carbonyl (C=O) groups excluding carboxylic acids is 2. The van der Waals surface area contributed by atoms with Crippen LogP contribution in [0, 0.1) is 13.8 Å². The quantitative estimate of drug-likeness (QED) is 0.328. The average Bonchev–Trinajstić information content (AvgIpc) is 2.71. The summed E-state index contributed by atoms with van der Waals surface area (Å²) >= 11 is 7.07. The smallest absolute Gasteiger partial charge is 0.308 e. The molecule has 9 heteroatoms. The molecular weight excluding hydrogens is 436 g/mol. The van der Waals surface area contributed by atoms with Gasteiger partial charge in [0.05, 0.1) is 16.7 Å². The average molecular weight is 457 g/mol. The van der Waals surface area contributed by atoms with Gasteiger partial charge in [-0.2, -0.15) is 0 Å². The van der Waals surface area contributed by atoms with Gasteiger partial charge in [-0.05, 0) is 55.3 Å². The second-order valence-electron chi connectivity index (χ2n) is 6.85. The van der Waals surface area contributed by atoms with E-state index >= 15 is 0 Å². The van der Waals surface area contributed by atoms with E-state index in [1.54, 1.807) is 30.3 Å². The first-order chi connectivity index (χ1) is 14.8. The number of nitrogens with zero attached hydrogens (tertiary/aromatic N) is 2. The largest absolute Gasteiger partial charge is 0.325 e. The van der Waals surface area contributed by atoms with Crippen molar-refractivity contribution >= 4 is 51.9 Å². The molecule has 0 spiro atoms. The van der Waals surface area contributed by atoms with Gasteiger partial charge in [0.1, 0.15) is 0 Å². The summed E-state index contributed by atoms with van der Waals surface area (Å²) in [5.74, 6) is -0.618. The zero-order chi connectivity index (χ0) is 22.5. The van der Waals surface area contributed by atoms with Crippen LogP contribution in [0.4, 0.5) is 10.5 Å². The number of aryl methyl sites for hydroxylation is 2. The van der Waals surface area contributed by atoms with Crippen molar-refractivity contribution in [2.75, 3.05) is 11.1 Å². The minimum Gasteiger partial charge on any atom is -0.308 e. The fourth-order valence-electron chi connectivity index (χ4n) is 2.85. The summed E-state index contributed by atoms with van der Waals surface area (Å²) in [6.45, 7) is 7.82. The van der Waals surface area contributed by atoms with Crippen LogP contribution in [-0.4, -0.2) is 27.2 Å². The number of rotatable bonds is 6. The summed E-state index contributed by atoms with van der Waals surface area (Å²) < 4.78 is 1.43. The Morgan fingerprint density at radius 2 is 1.97 bits per heavy atom. The highest BCUT2D eigenvalue weighted by molar-refractivity contribution is 7.99. The molecule has 0 radical (unpaired) electrons. The maximum Gasteiger partial charge on any atom is 0.325 e. The fourth-order valence-corrected chi connectivity index (χ4v) is 3.82. The first kappa shape index (κ1) is 22.6. The van der Waals surface area contributed by atoms with E-state index in [9.17, 15) is 14.4 Å². The third kappa shape index (κ3) is 5.53. The molecule has 3 aromatic rings. The predicted molar refractivity (Wildman–Crippen MR) is 125 cm³/mol. The van der Waals surface area contributed by atoms with Gasteiger partial charge in [0.2, 0.25) is 5.91 Å². The highest BCUT2D eigenvalue weighted by Crippen LogP contribution is 2.20. The van der Waals surface area contributed by atoms with Crippen molar-refractivity contribution < 1.29 is 9.59 Å². The molecule has 0 saturated heterocycles. The number of imide groups is 1. The molecule has 0 unspecified atom stereocenters. The number of hydrogen-bond acceptors (Lipinski definition) is 5. The van der Waals surface area contributed by atoms with Gasteiger partial charge in [-0.1, -0.05) is 35.5 Å². The molecule has 0 aliphatic rings. The predicted octanol–water partition coefficient (Wildman–Crippen LogP) is 4.29. The summed E-state index contributed by atoms with van der Waals surface area (Å²) in [5.41, 5.74) is 2.91. The Labute approximate surface area is 188 Å². The third-order valence-corrected chi connectivity index (χ3v) is 5.76. The second-order valence-corrected chi connectivity index (χ2v) is 8.23. The zero-order valence-corrected chi connectivity index (χ0v) is 18.6. The van der Waals surface area contributed by atoms with Crippen LogP contribution in [0.3, 0.4) is 0 Å². The highest BCUT2D eigenvalue weighted by Gasteiger charge is 2.14. The number of amides is 3. The van der Waals surface area contributed by atoms with Gasteiger partial charge in [-0.3, -0.25) is 19.5 Å². The standard InChI is InChI=1S/C22H21ClN4O3S/c1-4-9-27-20(29)17-8-6-15(23)11-18(17)25-22(27)31-12-19(28)26-21(30)24-16-7-5-13(2)14(3)10-16/h4-8,10-11H,1,9,12H2,2-3H3,(H2,24,26,28,30). The number of thioether (sulfide) groups is 1. The molecule has 160 valence electrons. The van der Waals surface area contributed by atoms with Crippen LogP contribution in [-0.2, 0) is 11.3 Å². The fraction of sp³-hybridized carbons (Fsp3) is 0.182. The van der Waals surface area contributed by atoms with Crippen LogP contribution >= 0.6 is 23.4 Å². The Morgan fingerprint density at radius 3 is 2.68 bits per heavy atom. The van der Waals surface area contributed by atoms with Crippen molar-refractivity contribution in [3.05, 3.63) is 75.6 Å². The molecule has 0 fully saturated rings. The number of allylic oxidation sites excluding steroid dienone is 1. The van der Waals surface area contributed by atoms with Crippen molar-refractivity contribution in [2.45, 2.75) is 25.5 Å². The molecule has 0 bridgehead atoms. The van der Waals surface area contributed by atoms with Crippen LogP contribution in [0.2, 0.25) is 5.02 Å². The molecule has 0 aliphatic heterocycles. The summed E-state index contributed by atoms with van der Waals surface area (Å²) in [5, 5.41) is 6.13. The van der Waals surface area contributed by atoms with E-state index < -0.39 is 11.9 Å². The lowest BCUT2D eigenvalue weighted by Gasteiger charge is -2.12. The molecule has 31 heavy (non-hydrogen) atoms. The molecule has 0 atom stereocenters. The lowest BCUT2D eigenvalue weighted by molar-refractivity contribution is -0.117. The minimum atomic E-state index is -0.629. The number of carbonyl (C=O) groups is 2. The molecular formula is C22H21ClN4O3S. The number of halogens is 1. The van der Waals surface area contributed by atoms with E-state index in [0.717, 1.165) is 22.9 Å². The SMILES string of the molecule is C=CCn1c(SCC(=O)NC(=O)Nc2ccc(C)c(C)c2)nc2cc(Cl)ccc2c1=O. The summed E-state index contributed by atoms with van der Waals surface area (Å²) in [6.07, 6.45) is 1.58. The van der Waals surface area contributed by atoms with Crippen molar-refractivity contribution in [3.63, 3.8) is 0 Å². The van der Waals surface area contributed by atoms with Crippen molar-refractivity contribution in [3.8, 4) is 0 Å². The Kier molecular flexibility index (Phi) is 7.14. The van der Waals surface area contributed by atoms with Gasteiger partial charge in [0.15, 0.2) is 5.16 Å². The van der Waals surface area contributed by atoms with E-state index in [1.165, 1.54) is 4.57 Å². The van der Waals surface area contributed by atoms with Gasteiger partial charge in [0.25, 0.3) is 5.56 Å². The molecule has 3 amide bonds. The van der Waals surface area contributed by atoms with Crippen LogP contribution in [0.5, 0.6) is 0 Å². The summed E-state index contributed by atoms with van der Waals surface area (Å²) in [6, 6.07) is 9.68. The number of urea groups is 1. The van der Waals surface area contributed by atoms with Crippen molar-refractivity contribution in [1.29, 1.82) is 0 Å². The Morgan fingerprint density at radius 1 is 1.19 bits per heavy atom. The van der Waals surface area contributed by atoms with E-state index in [4.69, 9.17) is 11.6 Å². The molecule has 2 N–H and O–H groups in total. The molecule has 2 aromatic carbocycles. The van der Waals surface area contributed by atoms with E-state index in [0.29, 0.717) is 26.8 Å². The van der Waals surface area contributed by atoms with Crippen LogP contribution < -0.4 is 16.2 Å². The second kappa shape index (κ2) is 9.80. The highest BCUT2D eigenvalue weighted by atomic mass is 35.5. The summed E-state index contributed by atoms with van der Waals surface area (Å²) in [7, 11) is 0. The van der Waals surface area contributed by atoms with Gasteiger partial charge in [-0.25, -0.2) is 9.78 Å². The van der Waals surface area contributed by atoms with Crippen LogP contribution in [0.25, 0.3) is 10.9 Å². The molecule has 1 aromatic heterocycles. The maximum absolute atomic E-state index is 12.8. The topological polar surface area (TPSA) is 93.1 Å². The van der Waals surface area contributed by atoms with Gasteiger partial charge >= 0.3 is 6.03 Å². The molecule has 1 heterocycles. The number of hydrogen-bond donors (Lipinski definition) is 2. The molecule has 3 rings (SSSR count). The number of aromatic nitrogens is 2. The zero-order valence-electron chi connectivity index (χ0n) is 17.1. The van der Waals surface area contributed by atoms with E-state index in [2.05, 4.69) is 22.2 Å². The minimum absolute atomic E-state index is 0.101. The first-order valence-corrected chi connectivity index (χ1v) is 10.8. The number of benzene rings is 2. The monoisotopic (exact) mass is 456 g/mol. The lowest BCUT2D eigenvalue weighted by Crippen LogP contribution is -2.35. The van der Waals surface area contributed by atoms with Crippen LogP contribution in [0.1, 0.15) is 11.1 Å². The number of nitrogens with one attached hydrogen (secondary N) is 2. The van der Waals surface area contributed by atoms with Crippen molar-refractivity contribution in [2.24, 2.45) is 0 Å². The number of anilines is 1. The number of fused-ring (bicyclic) bond motifs is 1. The molecule has 0 aliphatic carbocycles.